The molecule has 1 atom stereocenters. The predicted molar refractivity (Wildman–Crippen MR) is 128 cm³/mol. The molecular formula is C27H33F3N2O. The van der Waals surface area contributed by atoms with Crippen molar-refractivity contribution in [3.05, 3.63) is 65.7 Å². The summed E-state index contributed by atoms with van der Waals surface area (Å²) in [5, 5.41) is 8.89. The minimum Gasteiger partial charge on any atom is -0.406 e. The monoisotopic (exact) mass is 458 g/mol. The molecule has 0 bridgehead atoms. The Morgan fingerprint density at radius 3 is 2.24 bits per heavy atom. The van der Waals surface area contributed by atoms with Gasteiger partial charge in [-0.3, -0.25) is 0 Å². The molecule has 2 aromatic carbocycles. The molecule has 178 valence electrons. The molecule has 0 amide bonds. The molecule has 1 saturated carbocycles. The quantitative estimate of drug-likeness (QED) is 0.276. The molecule has 0 saturated heterocycles. The number of hydrogen-bond acceptors (Lipinski definition) is 3. The molecule has 2 aromatic rings. The molecule has 3 rings (SSSR count). The minimum atomic E-state index is -4.70. The molecule has 1 unspecified atom stereocenters. The summed E-state index contributed by atoms with van der Waals surface area (Å²) in [6.45, 7) is 4.57. The van der Waals surface area contributed by atoms with E-state index in [1.54, 1.807) is 6.21 Å². The molecule has 6 heteroatoms. The van der Waals surface area contributed by atoms with E-state index in [0.29, 0.717) is 11.5 Å². The van der Waals surface area contributed by atoms with Crippen LogP contribution in [0.5, 0.6) is 5.75 Å². The van der Waals surface area contributed by atoms with E-state index < -0.39 is 6.36 Å². The first-order chi connectivity index (χ1) is 15.9. The summed E-state index contributed by atoms with van der Waals surface area (Å²) in [6, 6.07) is 15.8. The standard InChI is InChI=1S/C27H33F3N2O/c1-3-8-21(4-2)22-13-15-24(16-14-22)26(23-9-6-5-7-10-23)32-31-19-20-11-17-25(18-12-20)33-27(28,29)30/h5-7,9-12,17-19,21-22,24H,3-4,8,13-16H2,1-2H3/t21?,22-,24-. The van der Waals surface area contributed by atoms with Crippen molar-refractivity contribution in [2.75, 3.05) is 0 Å². The molecule has 3 nitrogen and oxygen atoms in total. The molecule has 1 aliphatic rings. The van der Waals surface area contributed by atoms with Gasteiger partial charge in [0.25, 0.3) is 0 Å². The van der Waals surface area contributed by atoms with Crippen molar-refractivity contribution in [3.8, 4) is 5.75 Å². The lowest BCUT2D eigenvalue weighted by Gasteiger charge is -2.34. The van der Waals surface area contributed by atoms with Gasteiger partial charge in [0.15, 0.2) is 0 Å². The first-order valence-corrected chi connectivity index (χ1v) is 11.9. The number of benzene rings is 2. The normalized spacial score (nSPS) is 20.7. The first-order valence-electron chi connectivity index (χ1n) is 11.9. The minimum absolute atomic E-state index is 0.252. The highest BCUT2D eigenvalue weighted by atomic mass is 19.4. The molecule has 0 heterocycles. The van der Waals surface area contributed by atoms with E-state index in [4.69, 9.17) is 0 Å². The summed E-state index contributed by atoms with van der Waals surface area (Å²) in [4.78, 5) is 0. The zero-order valence-corrected chi connectivity index (χ0v) is 19.4. The third-order valence-electron chi connectivity index (χ3n) is 6.56. The number of nitrogens with zero attached hydrogens (tertiary/aromatic N) is 2. The van der Waals surface area contributed by atoms with E-state index in [1.807, 2.05) is 18.2 Å². The fourth-order valence-electron chi connectivity index (χ4n) is 4.91. The second-order valence-electron chi connectivity index (χ2n) is 8.78. The molecule has 0 N–H and O–H groups in total. The highest BCUT2D eigenvalue weighted by Crippen LogP contribution is 2.38. The molecular weight excluding hydrogens is 425 g/mol. The van der Waals surface area contributed by atoms with Crippen molar-refractivity contribution in [1.82, 2.24) is 0 Å². The van der Waals surface area contributed by atoms with Gasteiger partial charge in [-0.2, -0.15) is 10.2 Å². The van der Waals surface area contributed by atoms with Gasteiger partial charge in [0, 0.05) is 5.92 Å². The Bertz CT molecular complexity index is 899. The SMILES string of the molecule is CCCC(CC)[C@H]1CC[C@H](C(=NN=Cc2ccc(OC(F)(F)F)cc2)c2ccccc2)CC1. The zero-order chi connectivity index (χ0) is 23.7. The maximum Gasteiger partial charge on any atom is 0.573 e. The fourth-order valence-corrected chi connectivity index (χ4v) is 4.91. The Balaban J connectivity index is 1.71. The van der Waals surface area contributed by atoms with E-state index in [0.717, 1.165) is 36.0 Å². The van der Waals surface area contributed by atoms with Crippen molar-refractivity contribution in [2.24, 2.45) is 28.0 Å². The largest absolute Gasteiger partial charge is 0.573 e. The summed E-state index contributed by atoms with van der Waals surface area (Å²) < 4.78 is 40.9. The van der Waals surface area contributed by atoms with Crippen molar-refractivity contribution in [1.29, 1.82) is 0 Å². The first kappa shape index (κ1) is 25.0. The zero-order valence-electron chi connectivity index (χ0n) is 19.4. The van der Waals surface area contributed by atoms with Gasteiger partial charge >= 0.3 is 6.36 Å². The van der Waals surface area contributed by atoms with Crippen LogP contribution in [0.4, 0.5) is 13.2 Å². The van der Waals surface area contributed by atoms with Gasteiger partial charge in [-0.05, 0) is 72.9 Å². The number of halogens is 3. The van der Waals surface area contributed by atoms with Crippen molar-refractivity contribution in [3.63, 3.8) is 0 Å². The van der Waals surface area contributed by atoms with Gasteiger partial charge in [-0.1, -0.05) is 63.4 Å². The Kier molecular flexibility index (Phi) is 9.10. The lowest BCUT2D eigenvalue weighted by atomic mass is 9.72. The average Bonchev–Trinajstić information content (AvgIpc) is 2.81. The van der Waals surface area contributed by atoms with Crippen LogP contribution in [-0.4, -0.2) is 18.3 Å². The van der Waals surface area contributed by atoms with Crippen LogP contribution in [0, 0.1) is 17.8 Å². The van der Waals surface area contributed by atoms with Crippen LogP contribution in [-0.2, 0) is 0 Å². The molecule has 33 heavy (non-hydrogen) atoms. The summed E-state index contributed by atoms with van der Waals surface area (Å²) in [5.41, 5.74) is 2.73. The van der Waals surface area contributed by atoms with Gasteiger partial charge in [0.05, 0.1) is 11.9 Å². The van der Waals surface area contributed by atoms with Crippen LogP contribution in [0.25, 0.3) is 0 Å². The van der Waals surface area contributed by atoms with Crippen molar-refractivity contribution in [2.45, 2.75) is 65.2 Å². The summed E-state index contributed by atoms with van der Waals surface area (Å²) in [6.07, 6.45) is 5.33. The van der Waals surface area contributed by atoms with Crippen molar-refractivity contribution >= 4 is 11.9 Å². The summed E-state index contributed by atoms with van der Waals surface area (Å²) in [7, 11) is 0. The second kappa shape index (κ2) is 12.0. The number of hydrogen-bond donors (Lipinski definition) is 0. The van der Waals surface area contributed by atoms with E-state index >= 15 is 0 Å². The summed E-state index contributed by atoms with van der Waals surface area (Å²) >= 11 is 0. The van der Waals surface area contributed by atoms with Crippen molar-refractivity contribution < 1.29 is 17.9 Å². The van der Waals surface area contributed by atoms with Crippen LogP contribution < -0.4 is 4.74 Å². The summed E-state index contributed by atoms with van der Waals surface area (Å²) in [5.74, 6) is 1.72. The van der Waals surface area contributed by atoms with Gasteiger partial charge in [-0.25, -0.2) is 0 Å². The van der Waals surface area contributed by atoms with E-state index in [9.17, 15) is 13.2 Å². The highest BCUT2D eigenvalue weighted by molar-refractivity contribution is 6.02. The number of ether oxygens (including phenoxy) is 1. The van der Waals surface area contributed by atoms with Crippen LogP contribution in [0.1, 0.15) is 69.9 Å². The van der Waals surface area contributed by atoms with E-state index in [2.05, 4.69) is 40.9 Å². The Morgan fingerprint density at radius 2 is 1.67 bits per heavy atom. The third-order valence-corrected chi connectivity index (χ3v) is 6.56. The highest BCUT2D eigenvalue weighted by Gasteiger charge is 2.31. The molecule has 0 spiro atoms. The van der Waals surface area contributed by atoms with Crippen LogP contribution in [0.15, 0.2) is 64.8 Å². The Labute approximate surface area is 194 Å². The molecule has 0 radical (unpaired) electrons. The number of alkyl halides is 3. The fraction of sp³-hybridized carbons (Fsp3) is 0.481. The lowest BCUT2D eigenvalue weighted by molar-refractivity contribution is -0.274. The third kappa shape index (κ3) is 7.72. The predicted octanol–water partition coefficient (Wildman–Crippen LogP) is 8.04. The maximum absolute atomic E-state index is 12.3. The van der Waals surface area contributed by atoms with E-state index in [1.165, 1.54) is 56.4 Å². The molecule has 1 fully saturated rings. The average molecular weight is 459 g/mol. The van der Waals surface area contributed by atoms with Crippen LogP contribution >= 0.6 is 0 Å². The van der Waals surface area contributed by atoms with E-state index in [-0.39, 0.29) is 5.75 Å². The Hall–Kier alpha value is -2.63. The maximum atomic E-state index is 12.3. The van der Waals surface area contributed by atoms with Gasteiger partial charge < -0.3 is 4.74 Å². The molecule has 0 aromatic heterocycles. The smallest absolute Gasteiger partial charge is 0.406 e. The van der Waals surface area contributed by atoms with Gasteiger partial charge in [-0.15, -0.1) is 13.2 Å². The van der Waals surface area contributed by atoms with Gasteiger partial charge in [0.2, 0.25) is 0 Å². The van der Waals surface area contributed by atoms with Gasteiger partial charge in [0.1, 0.15) is 5.75 Å². The lowest BCUT2D eigenvalue weighted by Crippen LogP contribution is -2.26. The molecule has 1 aliphatic carbocycles. The second-order valence-corrected chi connectivity index (χ2v) is 8.78. The Morgan fingerprint density at radius 1 is 1.00 bits per heavy atom. The van der Waals surface area contributed by atoms with Crippen LogP contribution in [0.2, 0.25) is 0 Å². The number of rotatable bonds is 9. The molecule has 0 aliphatic heterocycles. The van der Waals surface area contributed by atoms with Crippen LogP contribution in [0.3, 0.4) is 0 Å². The topological polar surface area (TPSA) is 34.0 Å².